The normalized spacial score (nSPS) is 11.8. The number of rotatable bonds is 7. The maximum absolute atomic E-state index is 12.4. The maximum Gasteiger partial charge on any atom is 0.220 e. The standard InChI is InChI=1S/C22H29NO3/c1-14-11-16(3)19(12-15(14)2)17(4)23-22(24)10-8-18-7-9-20(25-5)21(13-18)26-6/h7,9,11-13,17H,8,10H2,1-6H3,(H,23,24). The molecule has 1 amide bonds. The van der Waals surface area contributed by atoms with Gasteiger partial charge in [-0.05, 0) is 74.1 Å². The van der Waals surface area contributed by atoms with Gasteiger partial charge in [-0.2, -0.15) is 0 Å². The van der Waals surface area contributed by atoms with E-state index in [9.17, 15) is 4.79 Å². The molecular weight excluding hydrogens is 326 g/mol. The van der Waals surface area contributed by atoms with Crippen molar-refractivity contribution >= 4 is 5.91 Å². The molecule has 0 aliphatic carbocycles. The molecule has 0 saturated heterocycles. The highest BCUT2D eigenvalue weighted by atomic mass is 16.5. The number of hydrogen-bond donors (Lipinski definition) is 1. The van der Waals surface area contributed by atoms with Gasteiger partial charge >= 0.3 is 0 Å². The highest BCUT2D eigenvalue weighted by Gasteiger charge is 2.13. The molecular formula is C22H29NO3. The first-order valence-electron chi connectivity index (χ1n) is 8.93. The molecule has 1 unspecified atom stereocenters. The number of methoxy groups -OCH3 is 2. The first-order chi connectivity index (χ1) is 12.3. The van der Waals surface area contributed by atoms with Crippen LogP contribution in [0.25, 0.3) is 0 Å². The lowest BCUT2D eigenvalue weighted by atomic mass is 9.96. The minimum atomic E-state index is -0.00722. The van der Waals surface area contributed by atoms with Gasteiger partial charge in [0.1, 0.15) is 0 Å². The van der Waals surface area contributed by atoms with Crippen molar-refractivity contribution in [3.63, 3.8) is 0 Å². The zero-order valence-electron chi connectivity index (χ0n) is 16.6. The van der Waals surface area contributed by atoms with Gasteiger partial charge in [-0.1, -0.05) is 18.2 Å². The number of nitrogens with one attached hydrogen (secondary N) is 1. The molecule has 0 aliphatic rings. The highest BCUT2D eigenvalue weighted by Crippen LogP contribution is 2.28. The van der Waals surface area contributed by atoms with Crippen LogP contribution in [-0.2, 0) is 11.2 Å². The van der Waals surface area contributed by atoms with Gasteiger partial charge in [-0.15, -0.1) is 0 Å². The van der Waals surface area contributed by atoms with Crippen LogP contribution in [0.4, 0.5) is 0 Å². The Hall–Kier alpha value is -2.49. The van der Waals surface area contributed by atoms with Crippen LogP contribution in [0.3, 0.4) is 0 Å². The number of amides is 1. The Balaban J connectivity index is 1.98. The molecule has 0 heterocycles. The second kappa shape index (κ2) is 8.75. The number of carbonyl (C=O) groups is 1. The summed E-state index contributed by atoms with van der Waals surface area (Å²) in [6.07, 6.45) is 1.09. The van der Waals surface area contributed by atoms with E-state index in [0.717, 1.165) is 5.56 Å². The molecule has 1 atom stereocenters. The van der Waals surface area contributed by atoms with Crippen LogP contribution in [0.2, 0.25) is 0 Å². The first kappa shape index (κ1) is 19.8. The van der Waals surface area contributed by atoms with Gasteiger partial charge in [0.25, 0.3) is 0 Å². The Labute approximate surface area is 156 Å². The fraction of sp³-hybridized carbons (Fsp3) is 0.409. The lowest BCUT2D eigenvalue weighted by Crippen LogP contribution is -2.27. The van der Waals surface area contributed by atoms with E-state index in [0.29, 0.717) is 24.3 Å². The SMILES string of the molecule is COc1ccc(CCC(=O)NC(C)c2cc(C)c(C)cc2C)cc1OC. The summed E-state index contributed by atoms with van der Waals surface area (Å²) in [5, 5.41) is 3.11. The van der Waals surface area contributed by atoms with Crippen molar-refractivity contribution < 1.29 is 14.3 Å². The van der Waals surface area contributed by atoms with Crippen LogP contribution in [0.15, 0.2) is 30.3 Å². The number of carbonyl (C=O) groups excluding carboxylic acids is 1. The highest BCUT2D eigenvalue weighted by molar-refractivity contribution is 5.76. The Morgan fingerprint density at radius 3 is 2.27 bits per heavy atom. The smallest absolute Gasteiger partial charge is 0.220 e. The first-order valence-corrected chi connectivity index (χ1v) is 8.93. The molecule has 0 spiro atoms. The quantitative estimate of drug-likeness (QED) is 0.799. The van der Waals surface area contributed by atoms with Crippen molar-refractivity contribution in [1.29, 1.82) is 0 Å². The summed E-state index contributed by atoms with van der Waals surface area (Å²) in [6, 6.07) is 10.1. The Morgan fingerprint density at radius 1 is 0.962 bits per heavy atom. The molecule has 4 nitrogen and oxygen atoms in total. The third-order valence-corrected chi connectivity index (χ3v) is 4.82. The van der Waals surface area contributed by atoms with Crippen LogP contribution < -0.4 is 14.8 Å². The van der Waals surface area contributed by atoms with Gasteiger partial charge in [-0.3, -0.25) is 4.79 Å². The van der Waals surface area contributed by atoms with Crippen molar-refractivity contribution in [2.75, 3.05) is 14.2 Å². The third-order valence-electron chi connectivity index (χ3n) is 4.82. The molecule has 1 N–H and O–H groups in total. The molecule has 2 aromatic rings. The number of benzene rings is 2. The van der Waals surface area contributed by atoms with Gasteiger partial charge < -0.3 is 14.8 Å². The minimum absolute atomic E-state index is 0.00722. The van der Waals surface area contributed by atoms with Gasteiger partial charge in [0.05, 0.1) is 20.3 Å². The third kappa shape index (κ3) is 4.78. The van der Waals surface area contributed by atoms with E-state index in [4.69, 9.17) is 9.47 Å². The Kier molecular flexibility index (Phi) is 6.67. The van der Waals surface area contributed by atoms with E-state index in [2.05, 4.69) is 38.2 Å². The van der Waals surface area contributed by atoms with E-state index in [1.807, 2.05) is 25.1 Å². The molecule has 140 valence electrons. The molecule has 4 heteroatoms. The van der Waals surface area contributed by atoms with Crippen molar-refractivity contribution in [2.24, 2.45) is 0 Å². The van der Waals surface area contributed by atoms with Crippen molar-refractivity contribution in [2.45, 2.75) is 46.6 Å². The molecule has 0 aliphatic heterocycles. The van der Waals surface area contributed by atoms with E-state index < -0.39 is 0 Å². The monoisotopic (exact) mass is 355 g/mol. The molecule has 2 aromatic carbocycles. The summed E-state index contributed by atoms with van der Waals surface area (Å²) in [5.41, 5.74) is 5.96. The Morgan fingerprint density at radius 2 is 1.62 bits per heavy atom. The van der Waals surface area contributed by atoms with Crippen molar-refractivity contribution in [3.05, 3.63) is 58.1 Å². The van der Waals surface area contributed by atoms with Gasteiger partial charge in [0.15, 0.2) is 11.5 Å². The van der Waals surface area contributed by atoms with Crippen LogP contribution in [0, 0.1) is 20.8 Å². The van der Waals surface area contributed by atoms with E-state index in [-0.39, 0.29) is 11.9 Å². The minimum Gasteiger partial charge on any atom is -0.493 e. The van der Waals surface area contributed by atoms with Gasteiger partial charge in [0.2, 0.25) is 5.91 Å². The molecule has 0 bridgehead atoms. The van der Waals surface area contributed by atoms with E-state index in [1.54, 1.807) is 14.2 Å². The predicted molar refractivity (Wildman–Crippen MR) is 105 cm³/mol. The van der Waals surface area contributed by atoms with Gasteiger partial charge in [0, 0.05) is 6.42 Å². The predicted octanol–water partition coefficient (Wildman–Crippen LogP) is 4.44. The fourth-order valence-corrected chi connectivity index (χ4v) is 3.13. The second-order valence-corrected chi connectivity index (χ2v) is 6.77. The largest absolute Gasteiger partial charge is 0.493 e. The fourth-order valence-electron chi connectivity index (χ4n) is 3.13. The molecule has 0 radical (unpaired) electrons. The zero-order chi connectivity index (χ0) is 19.3. The summed E-state index contributed by atoms with van der Waals surface area (Å²) < 4.78 is 10.6. The average Bonchev–Trinajstić information content (AvgIpc) is 2.62. The van der Waals surface area contributed by atoms with Crippen molar-refractivity contribution in [1.82, 2.24) is 5.32 Å². The van der Waals surface area contributed by atoms with E-state index >= 15 is 0 Å². The lowest BCUT2D eigenvalue weighted by Gasteiger charge is -2.18. The van der Waals surface area contributed by atoms with Crippen LogP contribution >= 0.6 is 0 Å². The summed E-state index contributed by atoms with van der Waals surface area (Å²) in [7, 11) is 3.23. The number of hydrogen-bond acceptors (Lipinski definition) is 3. The molecule has 26 heavy (non-hydrogen) atoms. The molecule has 0 fully saturated rings. The summed E-state index contributed by atoms with van der Waals surface area (Å²) in [6.45, 7) is 8.34. The van der Waals surface area contributed by atoms with Crippen LogP contribution in [0.1, 0.15) is 47.2 Å². The van der Waals surface area contributed by atoms with Crippen LogP contribution in [0.5, 0.6) is 11.5 Å². The number of aryl methyl sites for hydroxylation is 4. The second-order valence-electron chi connectivity index (χ2n) is 6.77. The maximum atomic E-state index is 12.4. The Bertz CT molecular complexity index is 783. The van der Waals surface area contributed by atoms with Gasteiger partial charge in [-0.25, -0.2) is 0 Å². The van der Waals surface area contributed by atoms with Crippen LogP contribution in [-0.4, -0.2) is 20.1 Å². The van der Waals surface area contributed by atoms with Crippen molar-refractivity contribution in [3.8, 4) is 11.5 Å². The number of ether oxygens (including phenoxy) is 2. The molecule has 0 saturated carbocycles. The topological polar surface area (TPSA) is 47.6 Å². The molecule has 0 aromatic heterocycles. The summed E-state index contributed by atoms with van der Waals surface area (Å²) >= 11 is 0. The summed E-state index contributed by atoms with van der Waals surface area (Å²) in [5.74, 6) is 1.42. The lowest BCUT2D eigenvalue weighted by molar-refractivity contribution is -0.121. The molecule has 2 rings (SSSR count). The van der Waals surface area contributed by atoms with E-state index in [1.165, 1.54) is 22.3 Å². The zero-order valence-corrected chi connectivity index (χ0v) is 16.6. The summed E-state index contributed by atoms with van der Waals surface area (Å²) in [4.78, 5) is 12.4. The average molecular weight is 355 g/mol.